The van der Waals surface area contributed by atoms with Crippen LogP contribution in [-0.4, -0.2) is 17.3 Å². The van der Waals surface area contributed by atoms with Gasteiger partial charge in [0.2, 0.25) is 11.8 Å². The number of anilines is 1. The summed E-state index contributed by atoms with van der Waals surface area (Å²) in [5, 5.41) is 12.5. The highest BCUT2D eigenvalue weighted by atomic mass is 35.5. The van der Waals surface area contributed by atoms with Crippen LogP contribution in [0.1, 0.15) is 17.5 Å². The minimum Gasteiger partial charge on any atom is -0.497 e. The number of nitrogens with one attached hydrogen (secondary N) is 1. The van der Waals surface area contributed by atoms with Gasteiger partial charge >= 0.3 is 0 Å². The van der Waals surface area contributed by atoms with E-state index >= 15 is 0 Å². The summed E-state index contributed by atoms with van der Waals surface area (Å²) in [6.07, 6.45) is 0. The first kappa shape index (κ1) is 18.1. The van der Waals surface area contributed by atoms with Gasteiger partial charge in [0.1, 0.15) is 11.8 Å². The molecule has 1 atom stereocenters. The van der Waals surface area contributed by atoms with Gasteiger partial charge in [0.25, 0.3) is 0 Å². The lowest BCUT2D eigenvalue weighted by Crippen LogP contribution is -2.12. The predicted molar refractivity (Wildman–Crippen MR) is 110 cm³/mol. The van der Waals surface area contributed by atoms with Crippen LogP contribution in [0.5, 0.6) is 5.75 Å². The number of halogens is 1. The summed E-state index contributed by atoms with van der Waals surface area (Å²) in [6, 6.07) is 24.7. The van der Waals surface area contributed by atoms with E-state index in [4.69, 9.17) is 20.8 Å². The standard InChI is InChI=1S/C22H18ClN3O2/c1-27-17-13-11-16(12-14-17)24-20(15-7-3-2-4-8-15)22-26-25-21(28-22)18-9-5-6-10-19(18)23/h2-14,20,24H,1H3/t20-/m0/s1. The maximum absolute atomic E-state index is 6.27. The monoisotopic (exact) mass is 391 g/mol. The van der Waals surface area contributed by atoms with Crippen LogP contribution < -0.4 is 10.1 Å². The first-order valence-electron chi connectivity index (χ1n) is 8.78. The summed E-state index contributed by atoms with van der Waals surface area (Å²) in [5.74, 6) is 1.63. The molecule has 1 N–H and O–H groups in total. The Balaban J connectivity index is 1.69. The van der Waals surface area contributed by atoms with Crippen LogP contribution in [0.4, 0.5) is 5.69 Å². The van der Waals surface area contributed by atoms with E-state index in [1.54, 1.807) is 13.2 Å². The highest BCUT2D eigenvalue weighted by Gasteiger charge is 2.22. The number of aromatic nitrogens is 2. The molecule has 0 amide bonds. The third-order valence-corrected chi connectivity index (χ3v) is 4.66. The minimum absolute atomic E-state index is 0.307. The molecular weight excluding hydrogens is 374 g/mol. The van der Waals surface area contributed by atoms with Crippen molar-refractivity contribution in [1.29, 1.82) is 0 Å². The number of nitrogens with zero attached hydrogens (tertiary/aromatic N) is 2. The lowest BCUT2D eigenvalue weighted by atomic mass is 10.1. The van der Waals surface area contributed by atoms with Crippen LogP contribution in [0.2, 0.25) is 5.02 Å². The van der Waals surface area contributed by atoms with Gasteiger partial charge in [0, 0.05) is 5.69 Å². The summed E-state index contributed by atoms with van der Waals surface area (Å²) in [6.45, 7) is 0. The Labute approximate surface area is 168 Å². The van der Waals surface area contributed by atoms with Gasteiger partial charge in [-0.1, -0.05) is 54.1 Å². The normalized spacial score (nSPS) is 11.8. The molecule has 28 heavy (non-hydrogen) atoms. The van der Waals surface area contributed by atoms with E-state index in [1.807, 2.05) is 72.8 Å². The van der Waals surface area contributed by atoms with Gasteiger partial charge < -0.3 is 14.5 Å². The molecule has 0 aliphatic carbocycles. The number of benzene rings is 3. The van der Waals surface area contributed by atoms with Gasteiger partial charge in [-0.15, -0.1) is 10.2 Å². The van der Waals surface area contributed by atoms with Crippen LogP contribution in [0, 0.1) is 0 Å². The highest BCUT2D eigenvalue weighted by Crippen LogP contribution is 2.31. The molecule has 0 saturated heterocycles. The van der Waals surface area contributed by atoms with E-state index in [0.29, 0.717) is 22.4 Å². The number of ether oxygens (including phenoxy) is 1. The third-order valence-electron chi connectivity index (χ3n) is 4.33. The van der Waals surface area contributed by atoms with Crippen molar-refractivity contribution in [3.63, 3.8) is 0 Å². The molecule has 140 valence electrons. The lowest BCUT2D eigenvalue weighted by molar-refractivity contribution is 0.415. The number of hydrogen-bond acceptors (Lipinski definition) is 5. The van der Waals surface area contributed by atoms with Crippen molar-refractivity contribution in [3.05, 3.63) is 95.3 Å². The lowest BCUT2D eigenvalue weighted by Gasteiger charge is -2.17. The number of hydrogen-bond donors (Lipinski definition) is 1. The van der Waals surface area contributed by atoms with Crippen LogP contribution in [-0.2, 0) is 0 Å². The smallest absolute Gasteiger partial charge is 0.249 e. The molecule has 0 fully saturated rings. The van der Waals surface area contributed by atoms with E-state index in [-0.39, 0.29) is 6.04 Å². The van der Waals surface area contributed by atoms with Gasteiger partial charge in [0.05, 0.1) is 17.7 Å². The Morgan fingerprint density at radius 1 is 0.893 bits per heavy atom. The topological polar surface area (TPSA) is 60.2 Å². The predicted octanol–water partition coefficient (Wildman–Crippen LogP) is 5.60. The number of rotatable bonds is 6. The third kappa shape index (κ3) is 3.85. The van der Waals surface area contributed by atoms with Gasteiger partial charge in [-0.3, -0.25) is 0 Å². The Kier molecular flexibility index (Phi) is 5.26. The van der Waals surface area contributed by atoms with E-state index in [0.717, 1.165) is 17.0 Å². The van der Waals surface area contributed by atoms with Crippen LogP contribution >= 0.6 is 11.6 Å². The summed E-state index contributed by atoms with van der Waals surface area (Å²) in [5.41, 5.74) is 2.62. The molecule has 6 heteroatoms. The van der Waals surface area contributed by atoms with Gasteiger partial charge in [-0.2, -0.15) is 0 Å². The second kappa shape index (κ2) is 8.15. The van der Waals surface area contributed by atoms with Gasteiger partial charge in [0.15, 0.2) is 0 Å². The fourth-order valence-corrected chi connectivity index (χ4v) is 3.10. The highest BCUT2D eigenvalue weighted by molar-refractivity contribution is 6.33. The Bertz CT molecular complexity index is 1050. The summed E-state index contributed by atoms with van der Waals surface area (Å²) in [4.78, 5) is 0. The summed E-state index contributed by atoms with van der Waals surface area (Å²) < 4.78 is 11.2. The van der Waals surface area contributed by atoms with Crippen molar-refractivity contribution in [2.24, 2.45) is 0 Å². The molecule has 3 aromatic carbocycles. The maximum Gasteiger partial charge on any atom is 0.249 e. The molecular formula is C22H18ClN3O2. The average Bonchev–Trinajstić information content (AvgIpc) is 3.23. The van der Waals surface area contributed by atoms with E-state index in [9.17, 15) is 0 Å². The van der Waals surface area contributed by atoms with Crippen molar-refractivity contribution in [2.45, 2.75) is 6.04 Å². The van der Waals surface area contributed by atoms with Crippen molar-refractivity contribution in [2.75, 3.05) is 12.4 Å². The molecule has 0 aliphatic rings. The van der Waals surface area contributed by atoms with Crippen molar-refractivity contribution in [3.8, 4) is 17.2 Å². The van der Waals surface area contributed by atoms with Crippen LogP contribution in [0.15, 0.2) is 83.3 Å². The minimum atomic E-state index is -0.307. The average molecular weight is 392 g/mol. The van der Waals surface area contributed by atoms with Crippen LogP contribution in [0.25, 0.3) is 11.5 Å². The molecule has 4 rings (SSSR count). The van der Waals surface area contributed by atoms with Gasteiger partial charge in [-0.25, -0.2) is 0 Å². The maximum atomic E-state index is 6.27. The number of methoxy groups -OCH3 is 1. The molecule has 1 aromatic heterocycles. The molecule has 1 heterocycles. The summed E-state index contributed by atoms with van der Waals surface area (Å²) in [7, 11) is 1.64. The molecule has 4 aromatic rings. The molecule has 0 bridgehead atoms. The Morgan fingerprint density at radius 2 is 1.61 bits per heavy atom. The first-order valence-corrected chi connectivity index (χ1v) is 9.16. The Hall–Kier alpha value is -3.31. The molecule has 0 spiro atoms. The first-order chi connectivity index (χ1) is 13.7. The van der Waals surface area contributed by atoms with Crippen molar-refractivity contribution >= 4 is 17.3 Å². The van der Waals surface area contributed by atoms with Crippen molar-refractivity contribution in [1.82, 2.24) is 10.2 Å². The molecule has 5 nitrogen and oxygen atoms in total. The van der Waals surface area contributed by atoms with Crippen molar-refractivity contribution < 1.29 is 9.15 Å². The van der Waals surface area contributed by atoms with E-state index in [1.165, 1.54) is 0 Å². The zero-order chi connectivity index (χ0) is 19.3. The zero-order valence-electron chi connectivity index (χ0n) is 15.2. The SMILES string of the molecule is COc1ccc(N[C@@H](c2ccccc2)c2nnc(-c3ccccc3Cl)o2)cc1. The largest absolute Gasteiger partial charge is 0.497 e. The Morgan fingerprint density at radius 3 is 2.32 bits per heavy atom. The zero-order valence-corrected chi connectivity index (χ0v) is 15.9. The molecule has 0 unspecified atom stereocenters. The fraction of sp³-hybridized carbons (Fsp3) is 0.0909. The molecule has 0 radical (unpaired) electrons. The molecule has 0 saturated carbocycles. The van der Waals surface area contributed by atoms with E-state index in [2.05, 4.69) is 15.5 Å². The fourth-order valence-electron chi connectivity index (χ4n) is 2.88. The quantitative estimate of drug-likeness (QED) is 0.463. The second-order valence-electron chi connectivity index (χ2n) is 6.14. The molecule has 0 aliphatic heterocycles. The second-order valence-corrected chi connectivity index (χ2v) is 6.55. The summed E-state index contributed by atoms with van der Waals surface area (Å²) >= 11 is 6.27. The van der Waals surface area contributed by atoms with E-state index < -0.39 is 0 Å². The van der Waals surface area contributed by atoms with Crippen LogP contribution in [0.3, 0.4) is 0 Å². The van der Waals surface area contributed by atoms with Gasteiger partial charge in [-0.05, 0) is 42.0 Å².